The summed E-state index contributed by atoms with van der Waals surface area (Å²) in [6, 6.07) is 0.584. The van der Waals surface area contributed by atoms with Crippen LogP contribution in [0.25, 0.3) is 0 Å². The van der Waals surface area contributed by atoms with Crippen LogP contribution < -0.4 is 5.32 Å². The zero-order chi connectivity index (χ0) is 11.9. The summed E-state index contributed by atoms with van der Waals surface area (Å²) in [6.07, 6.45) is 9.49. The molecular weight excluding hydrogens is 214 g/mol. The number of hydrogen-bond acceptors (Lipinski definition) is 3. The van der Waals surface area contributed by atoms with Crippen LogP contribution in [0.15, 0.2) is 0 Å². The molecule has 3 heteroatoms. The third-order valence-electron chi connectivity index (χ3n) is 3.83. The van der Waals surface area contributed by atoms with Gasteiger partial charge in [-0.05, 0) is 51.5 Å². The normalized spacial score (nSPS) is 30.9. The van der Waals surface area contributed by atoms with Gasteiger partial charge in [0.15, 0.2) is 0 Å². The van der Waals surface area contributed by atoms with E-state index in [1.165, 1.54) is 44.9 Å². The van der Waals surface area contributed by atoms with E-state index in [1.54, 1.807) is 0 Å². The number of ether oxygens (including phenoxy) is 2. The number of nitrogens with one attached hydrogen (secondary N) is 1. The minimum Gasteiger partial charge on any atom is -0.378 e. The van der Waals surface area contributed by atoms with E-state index in [0.717, 1.165) is 19.8 Å². The van der Waals surface area contributed by atoms with Crippen LogP contribution in [-0.4, -0.2) is 38.0 Å². The Balaban J connectivity index is 1.74. The summed E-state index contributed by atoms with van der Waals surface area (Å²) >= 11 is 0. The van der Waals surface area contributed by atoms with Crippen LogP contribution in [-0.2, 0) is 9.47 Å². The number of rotatable bonds is 7. The highest BCUT2D eigenvalue weighted by atomic mass is 16.5. The Kier molecular flexibility index (Phi) is 5.75. The zero-order valence-electron chi connectivity index (χ0n) is 11.1. The van der Waals surface area contributed by atoms with Gasteiger partial charge in [-0.1, -0.05) is 6.92 Å². The van der Waals surface area contributed by atoms with Crippen LogP contribution >= 0.6 is 0 Å². The summed E-state index contributed by atoms with van der Waals surface area (Å²) in [5, 5.41) is 3.66. The van der Waals surface area contributed by atoms with Crippen LogP contribution in [0.4, 0.5) is 0 Å². The molecule has 1 N–H and O–H groups in total. The Morgan fingerprint density at radius 1 is 1.06 bits per heavy atom. The molecule has 0 saturated carbocycles. The van der Waals surface area contributed by atoms with Gasteiger partial charge >= 0.3 is 0 Å². The van der Waals surface area contributed by atoms with Crippen LogP contribution in [0.1, 0.15) is 51.9 Å². The summed E-state index contributed by atoms with van der Waals surface area (Å²) in [7, 11) is 0. The average Bonchev–Trinajstić information content (AvgIpc) is 2.99. The van der Waals surface area contributed by atoms with Gasteiger partial charge in [0, 0.05) is 19.3 Å². The molecule has 0 aromatic heterocycles. The molecule has 2 aliphatic rings. The molecule has 2 atom stereocenters. The Labute approximate surface area is 105 Å². The van der Waals surface area contributed by atoms with Gasteiger partial charge in [0.2, 0.25) is 0 Å². The highest BCUT2D eigenvalue weighted by molar-refractivity contribution is 4.79. The van der Waals surface area contributed by atoms with E-state index >= 15 is 0 Å². The van der Waals surface area contributed by atoms with Crippen molar-refractivity contribution in [3.05, 3.63) is 0 Å². The fourth-order valence-corrected chi connectivity index (χ4v) is 2.91. The molecule has 0 aromatic carbocycles. The zero-order valence-corrected chi connectivity index (χ0v) is 11.1. The van der Waals surface area contributed by atoms with Gasteiger partial charge in [0.25, 0.3) is 0 Å². The van der Waals surface area contributed by atoms with Crippen LogP contribution in [0, 0.1) is 0 Å². The predicted octanol–water partition coefficient (Wildman–Crippen LogP) is 2.49. The molecule has 3 nitrogen and oxygen atoms in total. The van der Waals surface area contributed by atoms with Crippen molar-refractivity contribution < 1.29 is 9.47 Å². The Bertz CT molecular complexity index is 180. The predicted molar refractivity (Wildman–Crippen MR) is 69.3 cm³/mol. The van der Waals surface area contributed by atoms with Crippen molar-refractivity contribution in [3.8, 4) is 0 Å². The lowest BCUT2D eigenvalue weighted by Gasteiger charge is -2.24. The maximum Gasteiger partial charge on any atom is 0.0590 e. The topological polar surface area (TPSA) is 30.5 Å². The van der Waals surface area contributed by atoms with Crippen molar-refractivity contribution in [3.63, 3.8) is 0 Å². The lowest BCUT2D eigenvalue weighted by Crippen LogP contribution is -2.36. The smallest absolute Gasteiger partial charge is 0.0590 e. The molecule has 0 aliphatic carbocycles. The molecule has 2 heterocycles. The fourth-order valence-electron chi connectivity index (χ4n) is 2.91. The van der Waals surface area contributed by atoms with Gasteiger partial charge in [-0.15, -0.1) is 0 Å². The van der Waals surface area contributed by atoms with Crippen molar-refractivity contribution in [2.24, 2.45) is 0 Å². The lowest BCUT2D eigenvalue weighted by molar-refractivity contribution is 0.0686. The van der Waals surface area contributed by atoms with Crippen LogP contribution in [0.2, 0.25) is 0 Å². The fraction of sp³-hybridized carbons (Fsp3) is 1.00. The Morgan fingerprint density at radius 2 is 1.65 bits per heavy atom. The van der Waals surface area contributed by atoms with Gasteiger partial charge in [0.1, 0.15) is 0 Å². The van der Waals surface area contributed by atoms with Crippen molar-refractivity contribution in [2.75, 3.05) is 19.8 Å². The van der Waals surface area contributed by atoms with Crippen LogP contribution in [0.5, 0.6) is 0 Å². The van der Waals surface area contributed by atoms with E-state index in [1.807, 2.05) is 0 Å². The van der Waals surface area contributed by atoms with Gasteiger partial charge in [-0.25, -0.2) is 0 Å². The molecule has 2 fully saturated rings. The quantitative estimate of drug-likeness (QED) is 0.743. The second-order valence-electron chi connectivity index (χ2n) is 5.39. The van der Waals surface area contributed by atoms with E-state index in [2.05, 4.69) is 12.2 Å². The summed E-state index contributed by atoms with van der Waals surface area (Å²) in [5.74, 6) is 0. The SMILES string of the molecule is CCCNC(CC1CCCO1)CC1CCCO1. The molecule has 0 amide bonds. The van der Waals surface area contributed by atoms with E-state index < -0.39 is 0 Å². The first-order valence-electron chi connectivity index (χ1n) is 7.35. The molecule has 2 rings (SSSR count). The summed E-state index contributed by atoms with van der Waals surface area (Å²) in [6.45, 7) is 5.27. The minimum atomic E-state index is 0.491. The Hall–Kier alpha value is -0.120. The van der Waals surface area contributed by atoms with Gasteiger partial charge in [0.05, 0.1) is 12.2 Å². The lowest BCUT2D eigenvalue weighted by atomic mass is 9.99. The first-order chi connectivity index (χ1) is 8.38. The van der Waals surface area contributed by atoms with Gasteiger partial charge < -0.3 is 14.8 Å². The maximum atomic E-state index is 5.75. The first-order valence-corrected chi connectivity index (χ1v) is 7.35. The molecule has 0 aromatic rings. The van der Waals surface area contributed by atoms with E-state index in [9.17, 15) is 0 Å². The maximum absolute atomic E-state index is 5.75. The molecule has 0 radical (unpaired) electrons. The second kappa shape index (κ2) is 7.34. The standard InChI is InChI=1S/C14H27NO2/c1-2-7-15-12(10-13-5-3-8-16-13)11-14-6-4-9-17-14/h12-15H,2-11H2,1H3. The highest BCUT2D eigenvalue weighted by Crippen LogP contribution is 2.22. The first kappa shape index (κ1) is 13.3. The average molecular weight is 241 g/mol. The van der Waals surface area contributed by atoms with Crippen molar-refractivity contribution in [2.45, 2.75) is 70.1 Å². The Morgan fingerprint density at radius 3 is 2.06 bits per heavy atom. The van der Waals surface area contributed by atoms with Crippen molar-refractivity contribution in [1.29, 1.82) is 0 Å². The summed E-state index contributed by atoms with van der Waals surface area (Å²) < 4.78 is 11.5. The second-order valence-corrected chi connectivity index (χ2v) is 5.39. The molecule has 0 spiro atoms. The molecule has 2 unspecified atom stereocenters. The molecule has 100 valence electrons. The summed E-state index contributed by atoms with van der Waals surface area (Å²) in [4.78, 5) is 0. The van der Waals surface area contributed by atoms with Crippen LogP contribution in [0.3, 0.4) is 0 Å². The van der Waals surface area contributed by atoms with E-state index in [-0.39, 0.29) is 0 Å². The molecular formula is C14H27NO2. The molecule has 0 bridgehead atoms. The van der Waals surface area contributed by atoms with E-state index in [0.29, 0.717) is 18.2 Å². The monoisotopic (exact) mass is 241 g/mol. The van der Waals surface area contributed by atoms with Crippen molar-refractivity contribution >= 4 is 0 Å². The molecule has 2 aliphatic heterocycles. The molecule has 2 saturated heterocycles. The third kappa shape index (κ3) is 4.57. The highest BCUT2D eigenvalue weighted by Gasteiger charge is 2.24. The van der Waals surface area contributed by atoms with Crippen molar-refractivity contribution in [1.82, 2.24) is 5.32 Å². The van der Waals surface area contributed by atoms with Gasteiger partial charge in [-0.3, -0.25) is 0 Å². The van der Waals surface area contributed by atoms with E-state index in [4.69, 9.17) is 9.47 Å². The largest absolute Gasteiger partial charge is 0.378 e. The van der Waals surface area contributed by atoms with Gasteiger partial charge in [-0.2, -0.15) is 0 Å². The summed E-state index contributed by atoms with van der Waals surface area (Å²) in [5.41, 5.74) is 0. The molecule has 17 heavy (non-hydrogen) atoms. The number of hydrogen-bond donors (Lipinski definition) is 1. The minimum absolute atomic E-state index is 0.491. The third-order valence-corrected chi connectivity index (χ3v) is 3.83.